The maximum Gasteiger partial charge on any atom is 0.188 e. The first-order valence-corrected chi connectivity index (χ1v) is 18.0. The number of furan rings is 2. The van der Waals surface area contributed by atoms with E-state index in [4.69, 9.17) is 15.4 Å². The van der Waals surface area contributed by atoms with E-state index in [1.807, 2.05) is 18.2 Å². The molecule has 5 heteroatoms. The van der Waals surface area contributed by atoms with E-state index in [0.717, 1.165) is 77.4 Å². The second kappa shape index (κ2) is 10.7. The Hall–Kier alpha value is -7.55. The molecular weight excluding hydrogens is 663 g/mol. The summed E-state index contributed by atoms with van der Waals surface area (Å²) in [5.41, 5.74) is 13.0. The molecule has 0 aliphatic carbocycles. The van der Waals surface area contributed by atoms with Crippen LogP contribution >= 0.6 is 0 Å². The average Bonchev–Trinajstić information content (AvgIpc) is 3.97. The van der Waals surface area contributed by atoms with Crippen LogP contribution in [0.2, 0.25) is 0 Å². The molecule has 0 radical (unpaired) electrons. The second-order valence-corrected chi connectivity index (χ2v) is 14.0. The summed E-state index contributed by atoms with van der Waals surface area (Å²) in [6.45, 7) is 7.53. The molecule has 12 rings (SSSR count). The molecule has 0 saturated carbocycles. The molecule has 250 valence electrons. The molecule has 12 aromatic rings. The predicted octanol–water partition coefficient (Wildman–Crippen LogP) is 13.9. The number of benzene rings is 8. The number of rotatable bonds is 3. The predicted molar refractivity (Wildman–Crippen MR) is 221 cm³/mol. The molecule has 54 heavy (non-hydrogen) atoms. The Labute approximate surface area is 307 Å². The summed E-state index contributed by atoms with van der Waals surface area (Å²) in [6, 6.07) is 57.6. The molecule has 0 bridgehead atoms. The van der Waals surface area contributed by atoms with Gasteiger partial charge in [0.05, 0.1) is 28.6 Å². The summed E-state index contributed by atoms with van der Waals surface area (Å²) in [5, 5.41) is 8.99. The molecule has 4 heterocycles. The first-order chi connectivity index (χ1) is 26.7. The van der Waals surface area contributed by atoms with Gasteiger partial charge in [0.1, 0.15) is 22.3 Å². The van der Waals surface area contributed by atoms with Crippen molar-refractivity contribution in [3.8, 4) is 22.5 Å². The van der Waals surface area contributed by atoms with Gasteiger partial charge in [-0.25, -0.2) is 4.85 Å². The van der Waals surface area contributed by atoms with Crippen LogP contribution in [0.5, 0.6) is 0 Å². The van der Waals surface area contributed by atoms with Gasteiger partial charge in [0.2, 0.25) is 0 Å². The molecule has 0 N–H and O–H groups in total. The Morgan fingerprint density at radius 2 is 0.759 bits per heavy atom. The van der Waals surface area contributed by atoms with Crippen LogP contribution in [0, 0.1) is 6.57 Å². The fourth-order valence-electron chi connectivity index (χ4n) is 8.68. The number of nitrogens with zero attached hydrogens (tertiary/aromatic N) is 3. The quantitative estimate of drug-likeness (QED) is 0.173. The van der Waals surface area contributed by atoms with Crippen molar-refractivity contribution >= 4 is 93.2 Å². The number of hydrogen-bond donors (Lipinski definition) is 0. The Kier molecular flexibility index (Phi) is 5.78. The molecule has 0 fully saturated rings. The summed E-state index contributed by atoms with van der Waals surface area (Å²) < 4.78 is 17.2. The van der Waals surface area contributed by atoms with E-state index < -0.39 is 0 Å². The summed E-state index contributed by atoms with van der Waals surface area (Å²) in [6.07, 6.45) is 0. The summed E-state index contributed by atoms with van der Waals surface area (Å²) in [5.74, 6) is 0. The lowest BCUT2D eigenvalue weighted by Gasteiger charge is -2.09. The highest BCUT2D eigenvalue weighted by Crippen LogP contribution is 2.40. The van der Waals surface area contributed by atoms with Gasteiger partial charge in [-0.2, -0.15) is 0 Å². The highest BCUT2D eigenvalue weighted by molar-refractivity contribution is 6.13. The third-order valence-electron chi connectivity index (χ3n) is 11.1. The lowest BCUT2D eigenvalue weighted by molar-refractivity contribution is 0.668. The normalized spacial score (nSPS) is 12.1. The number of aromatic nitrogens is 2. The highest BCUT2D eigenvalue weighted by Gasteiger charge is 2.18. The zero-order chi connectivity index (χ0) is 35.5. The maximum atomic E-state index is 7.53. The van der Waals surface area contributed by atoms with Gasteiger partial charge in [-0.15, -0.1) is 0 Å². The van der Waals surface area contributed by atoms with E-state index in [0.29, 0.717) is 5.69 Å². The SMILES string of the molecule is [C-]#[N+]c1ccc2oc3ccc(-n4c5ccccc5c5cc(-c6ccc7oc8ccc(-n9c%10ccccc%10c%10ccccc%109)cc8c7c6)ccc54)cc3c2c1. The fraction of sp³-hybridized carbons (Fsp3) is 0. The van der Waals surface area contributed by atoms with Gasteiger partial charge in [-0.1, -0.05) is 72.8 Å². The zero-order valence-electron chi connectivity index (χ0n) is 28.7. The first-order valence-electron chi connectivity index (χ1n) is 18.0. The van der Waals surface area contributed by atoms with Crippen LogP contribution in [0.15, 0.2) is 173 Å². The van der Waals surface area contributed by atoms with E-state index in [2.05, 4.69) is 154 Å². The minimum Gasteiger partial charge on any atom is -0.456 e. The van der Waals surface area contributed by atoms with Gasteiger partial charge < -0.3 is 18.0 Å². The molecular formula is C49H27N3O2. The fourth-order valence-corrected chi connectivity index (χ4v) is 8.68. The molecule has 5 nitrogen and oxygen atoms in total. The molecule has 4 aromatic heterocycles. The number of fused-ring (bicyclic) bond motifs is 12. The van der Waals surface area contributed by atoms with Crippen LogP contribution < -0.4 is 0 Å². The molecule has 0 amide bonds. The summed E-state index contributed by atoms with van der Waals surface area (Å²) in [4.78, 5) is 3.65. The molecule has 0 aliphatic heterocycles. The summed E-state index contributed by atoms with van der Waals surface area (Å²) >= 11 is 0. The van der Waals surface area contributed by atoms with E-state index in [9.17, 15) is 0 Å². The molecule has 8 aromatic carbocycles. The highest BCUT2D eigenvalue weighted by atomic mass is 16.3. The van der Waals surface area contributed by atoms with Crippen LogP contribution in [-0.2, 0) is 0 Å². The van der Waals surface area contributed by atoms with E-state index >= 15 is 0 Å². The van der Waals surface area contributed by atoms with Crippen LogP contribution in [0.1, 0.15) is 0 Å². The maximum absolute atomic E-state index is 7.53. The van der Waals surface area contributed by atoms with Crippen molar-refractivity contribution in [2.24, 2.45) is 0 Å². The number of para-hydroxylation sites is 3. The van der Waals surface area contributed by atoms with E-state index in [-0.39, 0.29) is 0 Å². The van der Waals surface area contributed by atoms with Crippen molar-refractivity contribution in [1.82, 2.24) is 9.13 Å². The van der Waals surface area contributed by atoms with Crippen molar-refractivity contribution in [1.29, 1.82) is 0 Å². The zero-order valence-corrected chi connectivity index (χ0v) is 28.7. The molecule has 0 spiro atoms. The van der Waals surface area contributed by atoms with Crippen LogP contribution in [0.4, 0.5) is 5.69 Å². The van der Waals surface area contributed by atoms with Crippen molar-refractivity contribution in [3.63, 3.8) is 0 Å². The Bertz CT molecular complexity index is 3530. The largest absolute Gasteiger partial charge is 0.456 e. The van der Waals surface area contributed by atoms with Crippen molar-refractivity contribution in [3.05, 3.63) is 175 Å². The second-order valence-electron chi connectivity index (χ2n) is 14.0. The molecule has 0 aliphatic rings. The smallest absolute Gasteiger partial charge is 0.188 e. The van der Waals surface area contributed by atoms with Gasteiger partial charge in [-0.05, 0) is 102 Å². The number of hydrogen-bond acceptors (Lipinski definition) is 2. The van der Waals surface area contributed by atoms with E-state index in [1.54, 1.807) is 6.07 Å². The third-order valence-corrected chi connectivity index (χ3v) is 11.1. The van der Waals surface area contributed by atoms with Gasteiger partial charge in [0, 0.05) is 54.5 Å². The standard InChI is InChI=1S/C49H27N3O2/c1-50-31-16-21-47-39(26-31)41-28-33(18-23-49(41)54-47)52-44-13-7-4-10-36(44)37-24-29(14-19-45(37)52)30-15-20-46-38(25-30)40-27-32(17-22-48(40)53-46)51-42-11-5-2-8-34(42)35-9-3-6-12-43(35)51/h2-28H. The lowest BCUT2D eigenvalue weighted by Crippen LogP contribution is -1.93. The van der Waals surface area contributed by atoms with Gasteiger partial charge in [-0.3, -0.25) is 0 Å². The minimum atomic E-state index is 0.602. The average molecular weight is 690 g/mol. The third kappa shape index (κ3) is 4.02. The minimum absolute atomic E-state index is 0.602. The van der Waals surface area contributed by atoms with Crippen molar-refractivity contribution in [2.45, 2.75) is 0 Å². The Balaban J connectivity index is 1.02. The molecule has 0 atom stereocenters. The summed E-state index contributed by atoms with van der Waals surface area (Å²) in [7, 11) is 0. The van der Waals surface area contributed by atoms with Gasteiger partial charge in [0.15, 0.2) is 5.69 Å². The van der Waals surface area contributed by atoms with Crippen LogP contribution in [0.3, 0.4) is 0 Å². The monoisotopic (exact) mass is 689 g/mol. The van der Waals surface area contributed by atoms with E-state index in [1.165, 1.54) is 32.6 Å². The van der Waals surface area contributed by atoms with Crippen LogP contribution in [0.25, 0.3) is 115 Å². The first kappa shape index (κ1) is 29.1. The van der Waals surface area contributed by atoms with Gasteiger partial charge in [0.25, 0.3) is 0 Å². The Morgan fingerprint density at radius 3 is 1.31 bits per heavy atom. The van der Waals surface area contributed by atoms with Crippen LogP contribution in [-0.4, -0.2) is 9.13 Å². The topological polar surface area (TPSA) is 40.5 Å². The lowest BCUT2D eigenvalue weighted by atomic mass is 10.0. The molecule has 0 unspecified atom stereocenters. The van der Waals surface area contributed by atoms with Crippen molar-refractivity contribution in [2.75, 3.05) is 0 Å². The Morgan fingerprint density at radius 1 is 0.352 bits per heavy atom. The van der Waals surface area contributed by atoms with Crippen molar-refractivity contribution < 1.29 is 8.83 Å². The molecule has 0 saturated heterocycles. The van der Waals surface area contributed by atoms with Gasteiger partial charge >= 0.3 is 0 Å².